The molecule has 1 fully saturated rings. The van der Waals surface area contributed by atoms with Gasteiger partial charge in [-0.2, -0.15) is 0 Å². The minimum absolute atomic E-state index is 0.123. The molecule has 0 radical (unpaired) electrons. The number of amides is 1. The predicted molar refractivity (Wildman–Crippen MR) is 125 cm³/mol. The van der Waals surface area contributed by atoms with Gasteiger partial charge < -0.3 is 21.7 Å². The molecule has 0 aliphatic heterocycles. The van der Waals surface area contributed by atoms with Gasteiger partial charge in [0, 0.05) is 28.8 Å². The van der Waals surface area contributed by atoms with Crippen molar-refractivity contribution in [2.24, 2.45) is 17.6 Å². The van der Waals surface area contributed by atoms with Gasteiger partial charge in [0.2, 0.25) is 0 Å². The van der Waals surface area contributed by atoms with E-state index in [1.165, 1.54) is 25.7 Å². The van der Waals surface area contributed by atoms with E-state index in [1.807, 2.05) is 30.3 Å². The lowest BCUT2D eigenvalue weighted by atomic mass is 9.78. The van der Waals surface area contributed by atoms with Gasteiger partial charge in [0.25, 0.3) is 5.91 Å². The number of nitrogens with one attached hydrogen (secondary N) is 3. The molecule has 5 N–H and O–H groups in total. The fourth-order valence-electron chi connectivity index (χ4n) is 4.55. The average Bonchev–Trinajstić information content (AvgIpc) is 3.28. The van der Waals surface area contributed by atoms with Gasteiger partial charge >= 0.3 is 0 Å². The zero-order chi connectivity index (χ0) is 21.6. The molecule has 4 rings (SSSR count). The van der Waals surface area contributed by atoms with Gasteiger partial charge in [-0.05, 0) is 62.6 Å². The Labute approximate surface area is 184 Å². The molecule has 162 valence electrons. The summed E-state index contributed by atoms with van der Waals surface area (Å²) in [5.74, 6) is 1.84. The second-order valence-corrected chi connectivity index (χ2v) is 8.29. The molecule has 2 aliphatic carbocycles. The molecular formula is C25H31N5O. The van der Waals surface area contributed by atoms with Gasteiger partial charge in [-0.25, -0.2) is 4.98 Å². The molecule has 1 aromatic carbocycles. The summed E-state index contributed by atoms with van der Waals surface area (Å²) in [6.07, 6.45) is 11.9. The van der Waals surface area contributed by atoms with Crippen LogP contribution in [0.25, 0.3) is 11.3 Å². The molecule has 2 aromatic rings. The van der Waals surface area contributed by atoms with E-state index in [0.717, 1.165) is 22.8 Å². The molecule has 1 aromatic heterocycles. The Balaban J connectivity index is 1.42. The summed E-state index contributed by atoms with van der Waals surface area (Å²) in [7, 11) is 2.07. The Morgan fingerprint density at radius 1 is 1.16 bits per heavy atom. The number of nitrogens with zero attached hydrogens (tertiary/aromatic N) is 1. The molecule has 6 nitrogen and oxygen atoms in total. The highest BCUT2D eigenvalue weighted by atomic mass is 16.1. The number of carbonyl (C=O) groups excluding carboxylic acids is 1. The molecule has 6 heteroatoms. The van der Waals surface area contributed by atoms with Gasteiger partial charge in [0.15, 0.2) is 0 Å². The summed E-state index contributed by atoms with van der Waals surface area (Å²) in [6, 6.07) is 14.0. The van der Waals surface area contributed by atoms with Crippen molar-refractivity contribution in [1.29, 1.82) is 0 Å². The molecule has 3 atom stereocenters. The molecular weight excluding hydrogens is 386 g/mol. The largest absolute Gasteiger partial charge is 0.340 e. The number of rotatable bonds is 7. The number of hydrogen-bond acceptors (Lipinski definition) is 5. The Hall–Kier alpha value is -2.96. The van der Waals surface area contributed by atoms with E-state index >= 15 is 0 Å². The van der Waals surface area contributed by atoms with E-state index in [-0.39, 0.29) is 12.6 Å². The van der Waals surface area contributed by atoms with Crippen LogP contribution in [0.2, 0.25) is 0 Å². The summed E-state index contributed by atoms with van der Waals surface area (Å²) in [4.78, 5) is 16.6. The van der Waals surface area contributed by atoms with E-state index in [2.05, 4.69) is 41.2 Å². The van der Waals surface area contributed by atoms with E-state index < -0.39 is 0 Å². The number of carbonyl (C=O) groups is 1. The van der Waals surface area contributed by atoms with Crippen LogP contribution in [0.1, 0.15) is 36.0 Å². The molecule has 1 heterocycles. The van der Waals surface area contributed by atoms with Gasteiger partial charge in [0.05, 0.1) is 12.4 Å². The quantitative estimate of drug-likeness (QED) is 0.516. The van der Waals surface area contributed by atoms with Crippen molar-refractivity contribution in [1.82, 2.24) is 15.6 Å². The first-order valence-electron chi connectivity index (χ1n) is 11.1. The summed E-state index contributed by atoms with van der Waals surface area (Å²) in [6.45, 7) is 0.123. The number of benzene rings is 1. The molecule has 1 saturated carbocycles. The van der Waals surface area contributed by atoms with Crippen molar-refractivity contribution in [3.8, 4) is 11.3 Å². The van der Waals surface area contributed by atoms with Crippen LogP contribution in [-0.4, -0.2) is 30.6 Å². The summed E-state index contributed by atoms with van der Waals surface area (Å²) in [5.41, 5.74) is 8.88. The number of allylic oxidation sites excluding steroid dienone is 3. The topological polar surface area (TPSA) is 92.1 Å². The minimum Gasteiger partial charge on any atom is -0.340 e. The van der Waals surface area contributed by atoms with Crippen LogP contribution in [0, 0.1) is 11.8 Å². The highest BCUT2D eigenvalue weighted by molar-refractivity contribution is 5.94. The first-order chi connectivity index (χ1) is 15.2. The minimum atomic E-state index is -0.175. The van der Waals surface area contributed by atoms with Crippen LogP contribution in [0.4, 0.5) is 5.82 Å². The molecule has 0 bridgehead atoms. The van der Waals surface area contributed by atoms with E-state index in [4.69, 9.17) is 10.7 Å². The summed E-state index contributed by atoms with van der Waals surface area (Å²) >= 11 is 0. The zero-order valence-corrected chi connectivity index (χ0v) is 18.0. The van der Waals surface area contributed by atoms with Crippen LogP contribution in [-0.2, 0) is 0 Å². The Bertz CT molecular complexity index is 966. The molecule has 0 saturated heterocycles. The second kappa shape index (κ2) is 9.90. The van der Waals surface area contributed by atoms with Crippen LogP contribution >= 0.6 is 0 Å². The van der Waals surface area contributed by atoms with Gasteiger partial charge in [0.1, 0.15) is 5.82 Å². The molecule has 0 spiro atoms. The van der Waals surface area contributed by atoms with Crippen molar-refractivity contribution < 1.29 is 4.79 Å². The van der Waals surface area contributed by atoms with Crippen molar-refractivity contribution in [3.05, 3.63) is 72.0 Å². The zero-order valence-electron chi connectivity index (χ0n) is 18.0. The second-order valence-electron chi connectivity index (χ2n) is 8.29. The lowest BCUT2D eigenvalue weighted by Gasteiger charge is -2.31. The lowest BCUT2D eigenvalue weighted by molar-refractivity contribution is 0.0955. The normalized spacial score (nSPS) is 22.8. The van der Waals surface area contributed by atoms with Crippen LogP contribution in [0.5, 0.6) is 0 Å². The van der Waals surface area contributed by atoms with Crippen molar-refractivity contribution >= 4 is 11.7 Å². The van der Waals surface area contributed by atoms with Crippen LogP contribution in [0.3, 0.4) is 0 Å². The van der Waals surface area contributed by atoms with Gasteiger partial charge in [-0.15, -0.1) is 0 Å². The third-order valence-corrected chi connectivity index (χ3v) is 6.26. The third kappa shape index (κ3) is 5.21. The van der Waals surface area contributed by atoms with Gasteiger partial charge in [-0.3, -0.25) is 4.79 Å². The van der Waals surface area contributed by atoms with Crippen molar-refractivity contribution in [3.63, 3.8) is 0 Å². The Morgan fingerprint density at radius 3 is 2.77 bits per heavy atom. The molecule has 31 heavy (non-hydrogen) atoms. The monoisotopic (exact) mass is 417 g/mol. The van der Waals surface area contributed by atoms with Crippen molar-refractivity contribution in [2.45, 2.75) is 31.7 Å². The smallest absolute Gasteiger partial charge is 0.252 e. The highest BCUT2D eigenvalue weighted by Gasteiger charge is 2.27. The van der Waals surface area contributed by atoms with E-state index in [1.54, 1.807) is 12.1 Å². The average molecular weight is 418 g/mol. The number of hydrogen-bond donors (Lipinski definition) is 4. The SMILES string of the molecule is CNC1CCCC(C2C=CC(Nc3cccc(-c4ccc(C(=O)NCN)cc4)n3)=C2)C1. The standard InChI is InChI=1S/C25H31N5O/c1-27-21-5-2-4-19(14-21)20-12-13-22(15-20)29-24-7-3-6-23(30-24)17-8-10-18(11-9-17)25(31)28-16-26/h3,6-13,15,19-21,27H,2,4-5,14,16,26H2,1H3,(H,28,31)(H,29,30). The van der Waals surface area contributed by atoms with E-state index in [0.29, 0.717) is 23.4 Å². The third-order valence-electron chi connectivity index (χ3n) is 6.26. The van der Waals surface area contributed by atoms with E-state index in [9.17, 15) is 4.79 Å². The Kier molecular flexibility index (Phi) is 6.79. The number of aromatic nitrogens is 1. The first kappa shape index (κ1) is 21.3. The maximum Gasteiger partial charge on any atom is 0.252 e. The van der Waals surface area contributed by atoms with Crippen LogP contribution < -0.4 is 21.7 Å². The highest BCUT2D eigenvalue weighted by Crippen LogP contribution is 2.35. The number of anilines is 1. The predicted octanol–water partition coefficient (Wildman–Crippen LogP) is 3.65. The molecule has 2 aliphatic rings. The van der Waals surface area contributed by atoms with Crippen LogP contribution in [0.15, 0.2) is 66.4 Å². The summed E-state index contributed by atoms with van der Waals surface area (Å²) < 4.78 is 0. The molecule has 3 unspecified atom stereocenters. The maximum absolute atomic E-state index is 11.9. The lowest BCUT2D eigenvalue weighted by Crippen LogP contribution is -2.33. The summed E-state index contributed by atoms with van der Waals surface area (Å²) in [5, 5.41) is 9.51. The fourth-order valence-corrected chi connectivity index (χ4v) is 4.55. The number of nitrogens with two attached hydrogens (primary N) is 1. The maximum atomic E-state index is 11.9. The first-order valence-corrected chi connectivity index (χ1v) is 11.1. The number of pyridine rings is 1. The van der Waals surface area contributed by atoms with Crippen molar-refractivity contribution in [2.75, 3.05) is 19.0 Å². The Morgan fingerprint density at radius 2 is 2.00 bits per heavy atom. The molecule has 1 amide bonds. The fraction of sp³-hybridized carbons (Fsp3) is 0.360. The van der Waals surface area contributed by atoms with Gasteiger partial charge in [-0.1, -0.05) is 36.8 Å².